The molecule has 1 fully saturated rings. The van der Waals surface area contributed by atoms with Gasteiger partial charge in [0, 0.05) is 11.3 Å². The van der Waals surface area contributed by atoms with Crippen molar-refractivity contribution in [2.24, 2.45) is 9.50 Å². The van der Waals surface area contributed by atoms with E-state index < -0.39 is 51.1 Å². The zero-order valence-corrected chi connectivity index (χ0v) is 16.9. The lowest BCUT2D eigenvalue weighted by molar-refractivity contribution is -0.141. The van der Waals surface area contributed by atoms with Gasteiger partial charge in [-0.3, -0.25) is 0 Å². The Morgan fingerprint density at radius 2 is 2.00 bits per heavy atom. The van der Waals surface area contributed by atoms with E-state index in [-0.39, 0.29) is 34.2 Å². The quantitative estimate of drug-likeness (QED) is 0.638. The Kier molecular flexibility index (Phi) is 5.43. The summed E-state index contributed by atoms with van der Waals surface area (Å²) in [6.07, 6.45) is -2.43. The van der Waals surface area contributed by atoms with Crippen molar-refractivity contribution >= 4 is 21.6 Å². The van der Waals surface area contributed by atoms with Crippen molar-refractivity contribution in [2.45, 2.75) is 55.8 Å². The van der Waals surface area contributed by atoms with E-state index in [9.17, 15) is 35.3 Å². The van der Waals surface area contributed by atoms with Gasteiger partial charge in [-0.2, -0.15) is 27.1 Å². The van der Waals surface area contributed by atoms with E-state index in [1.807, 2.05) is 0 Å². The number of carbonyl (C=O) groups excluding carboxylic acids is 1. The topological polar surface area (TPSA) is 115 Å². The largest absolute Gasteiger partial charge is 0.433 e. The van der Waals surface area contributed by atoms with Gasteiger partial charge < -0.3 is 5.32 Å². The monoisotopic (exact) mass is 482 g/mol. The maximum Gasteiger partial charge on any atom is 0.433 e. The maximum absolute atomic E-state index is 13.9. The number of nitrogens with two attached hydrogens (primary N) is 1. The van der Waals surface area contributed by atoms with Crippen LogP contribution in [0.5, 0.6) is 0 Å². The first kappa shape index (κ1) is 22.5. The Labute approximate surface area is 177 Å². The molecule has 8 nitrogen and oxygen atoms in total. The molecule has 2 amide bonds. The number of aryl methyl sites for hydroxylation is 1. The molecular weight excluding hydrogens is 466 g/mol. The zero-order valence-electron chi connectivity index (χ0n) is 16.1. The smallest absolute Gasteiger partial charge is 0.305 e. The molecule has 0 radical (unpaired) electrons. The predicted octanol–water partition coefficient (Wildman–Crippen LogP) is 4.13. The Bertz CT molecular complexity index is 1210. The summed E-state index contributed by atoms with van der Waals surface area (Å²) < 4.78 is 95.7. The number of rotatable bonds is 4. The molecule has 1 saturated carbocycles. The highest BCUT2D eigenvalue weighted by Gasteiger charge is 2.43. The molecule has 0 unspecified atom stereocenters. The van der Waals surface area contributed by atoms with Gasteiger partial charge in [-0.05, 0) is 43.6 Å². The number of nitrogens with one attached hydrogen (secondary N) is 1. The Morgan fingerprint density at radius 1 is 1.31 bits per heavy atom. The fourth-order valence-electron chi connectivity index (χ4n) is 3.67. The first-order valence-corrected chi connectivity index (χ1v) is 11.0. The summed E-state index contributed by atoms with van der Waals surface area (Å²) in [6.45, 7) is -3.26. The molecule has 1 atom stereocenters. The maximum atomic E-state index is 13.9. The molecule has 2 aliphatic carbocycles. The summed E-state index contributed by atoms with van der Waals surface area (Å²) in [7, 11) is -4.41. The van der Waals surface area contributed by atoms with Crippen LogP contribution in [0.2, 0.25) is 0 Å². The second kappa shape index (κ2) is 7.72. The van der Waals surface area contributed by atoms with Crippen LogP contribution >= 0.6 is 0 Å². The van der Waals surface area contributed by atoms with Crippen molar-refractivity contribution in [3.63, 3.8) is 0 Å². The Morgan fingerprint density at radius 3 is 2.56 bits per heavy atom. The molecule has 2 aromatic rings. The average Bonchev–Trinajstić information content (AvgIpc) is 3.23. The normalized spacial score (nSPS) is 17.9. The number of pyridine rings is 1. The van der Waals surface area contributed by atoms with Crippen molar-refractivity contribution in [1.82, 2.24) is 14.8 Å². The molecule has 2 heterocycles. The number of aromatic nitrogens is 3. The summed E-state index contributed by atoms with van der Waals surface area (Å²) >= 11 is 0. The Balaban J connectivity index is 1.75. The highest BCUT2D eigenvalue weighted by Crippen LogP contribution is 2.50. The lowest BCUT2D eigenvalue weighted by Gasteiger charge is -2.19. The summed E-state index contributed by atoms with van der Waals surface area (Å²) in [5, 5.41) is 9.47. The van der Waals surface area contributed by atoms with Gasteiger partial charge in [0.1, 0.15) is 5.69 Å². The van der Waals surface area contributed by atoms with E-state index in [1.54, 1.807) is 0 Å². The van der Waals surface area contributed by atoms with Gasteiger partial charge in [-0.1, -0.05) is 0 Å². The molecule has 0 aromatic carbocycles. The number of hydrogen-bond acceptors (Lipinski definition) is 4. The van der Waals surface area contributed by atoms with E-state index in [1.165, 1.54) is 0 Å². The highest BCUT2D eigenvalue weighted by molar-refractivity contribution is 7.91. The average molecular weight is 482 g/mol. The van der Waals surface area contributed by atoms with E-state index in [0.717, 1.165) is 0 Å². The molecule has 174 valence electrons. The van der Waals surface area contributed by atoms with E-state index in [0.29, 0.717) is 31.2 Å². The minimum atomic E-state index is -4.77. The molecule has 15 heteroatoms. The summed E-state index contributed by atoms with van der Waals surface area (Å²) in [5.74, 6) is -1.95. The van der Waals surface area contributed by atoms with Crippen LogP contribution < -0.4 is 10.5 Å². The third-order valence-electron chi connectivity index (χ3n) is 5.10. The molecule has 4 rings (SSSR count). The minimum Gasteiger partial charge on any atom is -0.305 e. The zero-order chi connectivity index (χ0) is 23.4. The SMILES string of the molecule is N[S@](=O)(=NC(=O)Nc1c2c(nc(C(F)(F)F)c1C1CC1)CCC2)c1nn(C(F)F)cc1F. The predicted molar refractivity (Wildman–Crippen MR) is 98.7 cm³/mol. The van der Waals surface area contributed by atoms with Crippen molar-refractivity contribution in [2.75, 3.05) is 5.32 Å². The van der Waals surface area contributed by atoms with Gasteiger partial charge in [0.2, 0.25) is 5.03 Å². The summed E-state index contributed by atoms with van der Waals surface area (Å²) in [4.78, 5) is 16.3. The number of carbonyl (C=O) groups is 1. The van der Waals surface area contributed by atoms with Crippen molar-refractivity contribution in [3.8, 4) is 0 Å². The number of hydrogen-bond donors (Lipinski definition) is 2. The lowest BCUT2D eigenvalue weighted by atomic mass is 10.00. The molecular formula is C17H16F6N6O2S. The third-order valence-corrected chi connectivity index (χ3v) is 6.37. The molecule has 2 aromatic heterocycles. The second-order valence-electron chi connectivity index (χ2n) is 7.43. The van der Waals surface area contributed by atoms with Crippen LogP contribution in [0, 0.1) is 5.82 Å². The van der Waals surface area contributed by atoms with Crippen molar-refractivity contribution < 1.29 is 35.3 Å². The van der Waals surface area contributed by atoms with Gasteiger partial charge in [-0.15, -0.1) is 4.36 Å². The molecule has 0 bridgehead atoms. The summed E-state index contributed by atoms with van der Waals surface area (Å²) in [6, 6.07) is -1.42. The van der Waals surface area contributed by atoms with Crippen LogP contribution in [0.3, 0.4) is 0 Å². The number of anilines is 1. The third kappa shape index (κ3) is 4.18. The van der Waals surface area contributed by atoms with Crippen LogP contribution in [-0.2, 0) is 28.9 Å². The van der Waals surface area contributed by atoms with Crippen LogP contribution in [0.15, 0.2) is 15.6 Å². The molecule has 2 aliphatic rings. The fraction of sp³-hybridized carbons (Fsp3) is 0.471. The highest BCUT2D eigenvalue weighted by atomic mass is 32.2. The van der Waals surface area contributed by atoms with Crippen LogP contribution in [0.25, 0.3) is 0 Å². The van der Waals surface area contributed by atoms with Gasteiger partial charge in [0.15, 0.2) is 15.7 Å². The number of nitrogens with zero attached hydrogens (tertiary/aromatic N) is 4. The number of fused-ring (bicyclic) bond motifs is 1. The van der Waals surface area contributed by atoms with Gasteiger partial charge in [-0.25, -0.2) is 28.2 Å². The number of alkyl halides is 5. The first-order valence-electron chi connectivity index (χ1n) is 9.40. The number of urea groups is 1. The second-order valence-corrected chi connectivity index (χ2v) is 9.14. The molecule has 32 heavy (non-hydrogen) atoms. The fourth-order valence-corrected chi connectivity index (χ4v) is 4.59. The first-order chi connectivity index (χ1) is 14.9. The van der Waals surface area contributed by atoms with E-state index >= 15 is 0 Å². The van der Waals surface area contributed by atoms with E-state index in [4.69, 9.17) is 5.14 Å². The Hall–Kier alpha value is -2.68. The van der Waals surface area contributed by atoms with Crippen molar-refractivity contribution in [1.29, 1.82) is 0 Å². The lowest BCUT2D eigenvalue weighted by Crippen LogP contribution is -2.22. The van der Waals surface area contributed by atoms with Gasteiger partial charge in [0.25, 0.3) is 0 Å². The molecule has 0 saturated heterocycles. The van der Waals surface area contributed by atoms with Gasteiger partial charge in [0.05, 0.1) is 11.9 Å². The number of amides is 2. The molecule has 3 N–H and O–H groups in total. The minimum absolute atomic E-state index is 0.121. The van der Waals surface area contributed by atoms with Crippen LogP contribution in [0.4, 0.5) is 36.8 Å². The van der Waals surface area contributed by atoms with Gasteiger partial charge >= 0.3 is 18.8 Å². The summed E-state index contributed by atoms with van der Waals surface area (Å²) in [5.41, 5.74) is -0.804. The van der Waals surface area contributed by atoms with Crippen molar-refractivity contribution in [3.05, 3.63) is 34.5 Å². The molecule has 0 spiro atoms. The van der Waals surface area contributed by atoms with Crippen LogP contribution in [0.1, 0.15) is 54.2 Å². The molecule has 0 aliphatic heterocycles. The standard InChI is InChI=1S/C17H16F6N6O2S/c18-9-6-29(15(19)20)27-14(9)32(24,31)28-16(30)26-12-8-2-1-3-10(8)25-13(17(21,22)23)11(12)7-4-5-7/h6-7,15H,1-5H2,(H3,24,25,26,28,30,31)/t32-/m0/s1. The van der Waals surface area contributed by atoms with E-state index in [2.05, 4.69) is 19.8 Å². The number of halogens is 6. The van der Waals surface area contributed by atoms with Crippen LogP contribution in [-0.4, -0.2) is 25.0 Å².